The molecular formula is C15H10N2O4. The van der Waals surface area contributed by atoms with E-state index in [1.54, 1.807) is 24.3 Å². The monoisotopic (exact) mass is 282 g/mol. The normalized spacial score (nSPS) is 10.5. The van der Waals surface area contributed by atoms with E-state index in [4.69, 9.17) is 4.74 Å². The van der Waals surface area contributed by atoms with Gasteiger partial charge < -0.3 is 9.84 Å². The third kappa shape index (κ3) is 2.34. The van der Waals surface area contributed by atoms with Gasteiger partial charge in [-0.25, -0.2) is 0 Å². The highest BCUT2D eigenvalue weighted by Gasteiger charge is 2.16. The summed E-state index contributed by atoms with van der Waals surface area (Å²) in [7, 11) is 0. The Morgan fingerprint density at radius 3 is 2.62 bits per heavy atom. The minimum absolute atomic E-state index is 0.00180. The summed E-state index contributed by atoms with van der Waals surface area (Å²) in [6.07, 6.45) is 2.95. The minimum Gasteiger partial charge on any atom is -0.504 e. The number of hydrogen-bond acceptors (Lipinski definition) is 5. The van der Waals surface area contributed by atoms with Crippen LogP contribution in [0.1, 0.15) is 0 Å². The number of nitro benzene ring substituents is 1. The zero-order chi connectivity index (χ0) is 14.8. The topological polar surface area (TPSA) is 85.5 Å². The molecular weight excluding hydrogens is 272 g/mol. The predicted molar refractivity (Wildman–Crippen MR) is 76.6 cm³/mol. The number of ether oxygens (including phenoxy) is 1. The summed E-state index contributed by atoms with van der Waals surface area (Å²) < 4.78 is 5.66. The van der Waals surface area contributed by atoms with Gasteiger partial charge in [0.2, 0.25) is 0 Å². The molecule has 0 unspecified atom stereocenters. The van der Waals surface area contributed by atoms with Crippen molar-refractivity contribution in [2.45, 2.75) is 0 Å². The molecule has 1 N–H and O–H groups in total. The second-order valence-corrected chi connectivity index (χ2v) is 4.33. The molecule has 1 heterocycles. The van der Waals surface area contributed by atoms with Crippen LogP contribution in [0.3, 0.4) is 0 Å². The second-order valence-electron chi connectivity index (χ2n) is 4.33. The van der Waals surface area contributed by atoms with Gasteiger partial charge in [0.05, 0.1) is 10.3 Å². The van der Waals surface area contributed by atoms with Gasteiger partial charge in [-0.2, -0.15) is 0 Å². The molecule has 0 saturated heterocycles. The van der Waals surface area contributed by atoms with Gasteiger partial charge >= 0.3 is 0 Å². The third-order valence-electron chi connectivity index (χ3n) is 3.04. The number of non-ortho nitro benzene ring substituents is 1. The third-order valence-corrected chi connectivity index (χ3v) is 3.04. The number of rotatable bonds is 3. The van der Waals surface area contributed by atoms with E-state index in [2.05, 4.69) is 4.98 Å². The number of nitro groups is 1. The number of fused-ring (bicyclic) bond motifs is 1. The average Bonchev–Trinajstić information content (AvgIpc) is 2.49. The second kappa shape index (κ2) is 5.09. The van der Waals surface area contributed by atoms with Gasteiger partial charge in [-0.1, -0.05) is 12.1 Å². The molecule has 0 amide bonds. The average molecular weight is 282 g/mol. The molecule has 0 aliphatic heterocycles. The Hall–Kier alpha value is -3.15. The molecule has 3 rings (SSSR count). The predicted octanol–water partition coefficient (Wildman–Crippen LogP) is 3.64. The summed E-state index contributed by atoms with van der Waals surface area (Å²) in [5.74, 6) is 0.696. The number of benzene rings is 2. The van der Waals surface area contributed by atoms with Crippen LogP contribution in [0.15, 0.2) is 54.9 Å². The van der Waals surface area contributed by atoms with Crippen LogP contribution in [0.5, 0.6) is 17.2 Å². The maximum Gasteiger partial charge on any atom is 0.279 e. The fourth-order valence-corrected chi connectivity index (χ4v) is 2.06. The minimum atomic E-state index is -0.465. The number of aromatic nitrogens is 1. The molecule has 0 fully saturated rings. The maximum atomic E-state index is 11.0. The summed E-state index contributed by atoms with van der Waals surface area (Å²) >= 11 is 0. The van der Waals surface area contributed by atoms with Gasteiger partial charge in [0.1, 0.15) is 5.75 Å². The van der Waals surface area contributed by atoms with Crippen LogP contribution >= 0.6 is 0 Å². The van der Waals surface area contributed by atoms with Gasteiger partial charge in [-0.05, 0) is 24.3 Å². The number of aromatic hydroxyl groups is 1. The van der Waals surface area contributed by atoms with E-state index in [0.717, 1.165) is 0 Å². The first kappa shape index (κ1) is 12.9. The lowest BCUT2D eigenvalue weighted by atomic mass is 10.1. The highest BCUT2D eigenvalue weighted by molar-refractivity contribution is 5.94. The van der Waals surface area contributed by atoms with E-state index in [0.29, 0.717) is 16.5 Å². The summed E-state index contributed by atoms with van der Waals surface area (Å²) in [6.45, 7) is 0. The van der Waals surface area contributed by atoms with E-state index >= 15 is 0 Å². The summed E-state index contributed by atoms with van der Waals surface area (Å²) in [5.41, 5.74) is -0.0391. The molecule has 0 aliphatic carbocycles. The van der Waals surface area contributed by atoms with Crippen molar-refractivity contribution in [1.82, 2.24) is 4.98 Å². The number of hydrogen-bond donors (Lipinski definition) is 1. The fourth-order valence-electron chi connectivity index (χ4n) is 2.06. The van der Waals surface area contributed by atoms with Crippen LogP contribution < -0.4 is 4.74 Å². The zero-order valence-electron chi connectivity index (χ0n) is 10.8. The largest absolute Gasteiger partial charge is 0.504 e. The van der Waals surface area contributed by atoms with Gasteiger partial charge in [-0.15, -0.1) is 0 Å². The number of phenols is 1. The summed E-state index contributed by atoms with van der Waals surface area (Å²) in [4.78, 5) is 14.5. The Bertz CT molecular complexity index is 833. The summed E-state index contributed by atoms with van der Waals surface area (Å²) in [5, 5.41) is 21.7. The molecule has 0 radical (unpaired) electrons. The number of phenolic OH excluding ortho intramolecular Hbond substituents is 1. The molecule has 1 aromatic heterocycles. The number of nitrogens with zero attached hydrogens (tertiary/aromatic N) is 2. The van der Waals surface area contributed by atoms with Crippen molar-refractivity contribution in [2.75, 3.05) is 0 Å². The van der Waals surface area contributed by atoms with Crippen molar-refractivity contribution in [3.63, 3.8) is 0 Å². The molecule has 0 saturated carbocycles. The summed E-state index contributed by atoms with van der Waals surface area (Å²) in [6, 6.07) is 11.0. The Morgan fingerprint density at radius 1 is 1.05 bits per heavy atom. The van der Waals surface area contributed by atoms with Crippen LogP contribution in [-0.4, -0.2) is 15.0 Å². The fraction of sp³-hybridized carbons (Fsp3) is 0. The van der Waals surface area contributed by atoms with Gasteiger partial charge in [0.25, 0.3) is 5.69 Å². The molecule has 6 nitrogen and oxygen atoms in total. The highest BCUT2D eigenvalue weighted by Crippen LogP contribution is 2.37. The standard InChI is InChI=1S/C15H10N2O4/c18-13-3-1-2-4-15(13)21-14-6-5-12(17(19)20)11-9-16-8-7-10(11)14/h1-9,18H. The van der Waals surface area contributed by atoms with Crippen molar-refractivity contribution in [1.29, 1.82) is 0 Å². The highest BCUT2D eigenvalue weighted by atomic mass is 16.6. The van der Waals surface area contributed by atoms with Gasteiger partial charge in [-0.3, -0.25) is 15.1 Å². The quantitative estimate of drug-likeness (QED) is 0.585. The molecule has 0 aliphatic rings. The van der Waals surface area contributed by atoms with Crippen LogP contribution in [0.25, 0.3) is 10.8 Å². The lowest BCUT2D eigenvalue weighted by molar-refractivity contribution is -0.383. The number of para-hydroxylation sites is 2. The Kier molecular flexibility index (Phi) is 3.12. The zero-order valence-corrected chi connectivity index (χ0v) is 10.8. The van der Waals surface area contributed by atoms with Crippen molar-refractivity contribution in [3.8, 4) is 17.2 Å². The first-order valence-electron chi connectivity index (χ1n) is 6.14. The molecule has 21 heavy (non-hydrogen) atoms. The van der Waals surface area contributed by atoms with E-state index in [1.807, 2.05) is 0 Å². The van der Waals surface area contributed by atoms with Crippen molar-refractivity contribution >= 4 is 16.5 Å². The van der Waals surface area contributed by atoms with E-state index in [-0.39, 0.29) is 17.2 Å². The van der Waals surface area contributed by atoms with Gasteiger partial charge in [0, 0.05) is 23.8 Å². The Morgan fingerprint density at radius 2 is 1.86 bits per heavy atom. The van der Waals surface area contributed by atoms with Crippen LogP contribution in [0.2, 0.25) is 0 Å². The lowest BCUT2D eigenvalue weighted by Gasteiger charge is -2.10. The smallest absolute Gasteiger partial charge is 0.279 e. The van der Waals surface area contributed by atoms with Gasteiger partial charge in [0.15, 0.2) is 11.5 Å². The van der Waals surface area contributed by atoms with Crippen LogP contribution in [0.4, 0.5) is 5.69 Å². The SMILES string of the molecule is O=[N+]([O-])c1ccc(Oc2ccccc2O)c2ccncc12. The Labute approximate surface area is 119 Å². The first-order valence-corrected chi connectivity index (χ1v) is 6.14. The molecule has 2 aromatic carbocycles. The lowest BCUT2D eigenvalue weighted by Crippen LogP contribution is -1.92. The maximum absolute atomic E-state index is 11.0. The van der Waals surface area contributed by atoms with E-state index < -0.39 is 4.92 Å². The molecule has 0 atom stereocenters. The first-order chi connectivity index (χ1) is 10.2. The molecule has 0 bridgehead atoms. The van der Waals surface area contributed by atoms with E-state index in [9.17, 15) is 15.2 Å². The van der Waals surface area contributed by atoms with Crippen LogP contribution in [0, 0.1) is 10.1 Å². The van der Waals surface area contributed by atoms with Crippen LogP contribution in [-0.2, 0) is 0 Å². The Balaban J connectivity index is 2.14. The van der Waals surface area contributed by atoms with Crippen molar-refractivity contribution in [3.05, 3.63) is 65.0 Å². The molecule has 0 spiro atoms. The number of pyridine rings is 1. The molecule has 6 heteroatoms. The molecule has 3 aromatic rings. The van der Waals surface area contributed by atoms with Crippen molar-refractivity contribution < 1.29 is 14.8 Å². The molecule has 104 valence electrons. The van der Waals surface area contributed by atoms with Crippen molar-refractivity contribution in [2.24, 2.45) is 0 Å². The van der Waals surface area contributed by atoms with E-state index in [1.165, 1.54) is 30.6 Å².